The number of hydrogen-bond donors (Lipinski definition) is 0. The van der Waals surface area contributed by atoms with Crippen LogP contribution in [0, 0.1) is 20.7 Å². The number of rotatable bonds is 1. The van der Waals surface area contributed by atoms with Crippen molar-refractivity contribution in [2.24, 2.45) is 7.05 Å². The Kier molecular flexibility index (Phi) is 1.11. The first-order valence-electron chi connectivity index (χ1n) is 9.39. The van der Waals surface area contributed by atoms with Crippen LogP contribution in [0.2, 0.25) is 0 Å². The fraction of sp³-hybridized carbons (Fsp3) is 0.267. The molecular weight excluding hydrogens is 194 g/mol. The molecule has 0 amide bonds. The second kappa shape index (κ2) is 4.09. The molecule has 82 valence electrons. The minimum absolute atomic E-state index is 0.0576. The monoisotopic (exact) mass is 221 g/mol. The van der Waals surface area contributed by atoms with Crippen LogP contribution < -0.4 is 4.57 Å². The van der Waals surface area contributed by atoms with Crippen molar-refractivity contribution >= 4 is 0 Å². The van der Waals surface area contributed by atoms with Gasteiger partial charge in [-0.25, -0.2) is 4.57 Å². The largest absolute Gasteiger partial charge is 0.212 e. The summed E-state index contributed by atoms with van der Waals surface area (Å²) in [6.45, 7) is 0.390. The minimum atomic E-state index is -2.54. The van der Waals surface area contributed by atoms with Gasteiger partial charge < -0.3 is 0 Å². The van der Waals surface area contributed by atoms with Crippen LogP contribution in [0.5, 0.6) is 0 Å². The lowest BCUT2D eigenvalue weighted by molar-refractivity contribution is -0.660. The molecule has 0 radical (unpaired) electrons. The van der Waals surface area contributed by atoms with Gasteiger partial charge in [0.2, 0.25) is 5.69 Å². The lowest BCUT2D eigenvalue weighted by Gasteiger charge is -2.08. The van der Waals surface area contributed by atoms with Crippen molar-refractivity contribution in [1.82, 2.24) is 0 Å². The molecule has 0 saturated carbocycles. The van der Waals surface area contributed by atoms with Crippen LogP contribution in [0.4, 0.5) is 0 Å². The van der Waals surface area contributed by atoms with E-state index in [1.807, 2.05) is 0 Å². The number of nitrogens with zero attached hydrogens (tertiary/aromatic N) is 1. The summed E-state index contributed by atoms with van der Waals surface area (Å²) in [5.41, 5.74) is 0.301. The average molecular weight is 221 g/mol. The SMILES string of the molecule is [2H]c1c([2H])c([2H])[n+](C)c(-c2c([2H])c(C)c(C([2H])([2H])[2H])c([2H])c2C)c1[2H]. The summed E-state index contributed by atoms with van der Waals surface area (Å²) in [7, 11) is 1.45. The third-order valence-corrected chi connectivity index (χ3v) is 2.41. The normalized spacial score (nSPS) is 19.3. The molecule has 1 heterocycles. The van der Waals surface area contributed by atoms with E-state index in [2.05, 4.69) is 0 Å². The van der Waals surface area contributed by atoms with Crippen LogP contribution in [-0.2, 0) is 7.05 Å². The number of hydrogen-bond acceptors (Lipinski definition) is 0. The highest BCUT2D eigenvalue weighted by Gasteiger charge is 2.11. The van der Waals surface area contributed by atoms with Gasteiger partial charge in [-0.3, -0.25) is 0 Å². The topological polar surface area (TPSA) is 3.88 Å². The first-order chi connectivity index (χ1) is 11.3. The first-order valence-corrected chi connectivity index (χ1v) is 4.89. The van der Waals surface area contributed by atoms with Crippen LogP contribution in [0.3, 0.4) is 0 Å². The summed E-state index contributed by atoms with van der Waals surface area (Å²) < 4.78 is 72.3. The summed E-state index contributed by atoms with van der Waals surface area (Å²) in [5.74, 6) is 0. The van der Waals surface area contributed by atoms with E-state index in [9.17, 15) is 0 Å². The molecule has 16 heavy (non-hydrogen) atoms. The van der Waals surface area contributed by atoms with Crippen molar-refractivity contribution in [2.75, 3.05) is 0 Å². The van der Waals surface area contributed by atoms with Crippen molar-refractivity contribution < 1.29 is 16.9 Å². The van der Waals surface area contributed by atoms with Crippen molar-refractivity contribution in [3.63, 3.8) is 0 Å². The molecule has 0 aliphatic heterocycles. The molecule has 0 unspecified atom stereocenters. The van der Waals surface area contributed by atoms with Gasteiger partial charge in [-0.15, -0.1) is 0 Å². The summed E-state index contributed by atoms with van der Waals surface area (Å²) in [4.78, 5) is 0. The van der Waals surface area contributed by atoms with Gasteiger partial charge >= 0.3 is 0 Å². The molecule has 0 spiro atoms. The lowest BCUT2D eigenvalue weighted by Crippen LogP contribution is -2.30. The molecule has 1 nitrogen and oxygen atoms in total. The minimum Gasteiger partial charge on any atom is -0.201 e. The second-order valence-electron chi connectivity index (χ2n) is 3.64. The third-order valence-electron chi connectivity index (χ3n) is 2.41. The summed E-state index contributed by atoms with van der Waals surface area (Å²) >= 11 is 0. The molecule has 0 N–H and O–H groups in total. The van der Waals surface area contributed by atoms with Crippen LogP contribution in [0.15, 0.2) is 36.4 Å². The fourth-order valence-corrected chi connectivity index (χ4v) is 1.50. The fourth-order valence-electron chi connectivity index (χ4n) is 1.50. The van der Waals surface area contributed by atoms with E-state index < -0.39 is 18.9 Å². The van der Waals surface area contributed by atoms with Gasteiger partial charge in [0.15, 0.2) is 6.17 Å². The predicted molar refractivity (Wildman–Crippen MR) is 67.3 cm³/mol. The maximum atomic E-state index is 8.38. The lowest BCUT2D eigenvalue weighted by atomic mass is 9.98. The smallest absolute Gasteiger partial charge is 0.201 e. The molecule has 0 fully saturated rings. The molecule has 2 rings (SSSR count). The van der Waals surface area contributed by atoms with E-state index in [0.29, 0.717) is 0 Å². The summed E-state index contributed by atoms with van der Waals surface area (Å²) in [6, 6.07) is -1.57. The van der Waals surface area contributed by atoms with Crippen molar-refractivity contribution in [3.8, 4) is 11.3 Å². The van der Waals surface area contributed by atoms with E-state index in [1.165, 1.54) is 25.5 Å². The molecule has 0 atom stereocenters. The van der Waals surface area contributed by atoms with Crippen LogP contribution >= 0.6 is 0 Å². The van der Waals surface area contributed by atoms with Gasteiger partial charge in [0.25, 0.3) is 0 Å². The highest BCUT2D eigenvalue weighted by Crippen LogP contribution is 2.23. The molecular formula is C15H18N+. The molecule has 0 aliphatic carbocycles. The van der Waals surface area contributed by atoms with Gasteiger partial charge in [0.05, 0.1) is 6.85 Å². The molecule has 1 aromatic carbocycles. The van der Waals surface area contributed by atoms with Crippen LogP contribution in [0.1, 0.15) is 29.0 Å². The predicted octanol–water partition coefficient (Wildman–Crippen LogP) is 3.10. The molecule has 0 bridgehead atoms. The number of benzene rings is 1. The van der Waals surface area contributed by atoms with Gasteiger partial charge in [-0.1, -0.05) is 6.04 Å². The van der Waals surface area contributed by atoms with E-state index in [-0.39, 0.29) is 52.2 Å². The molecule has 2 aromatic rings. The zero-order valence-electron chi connectivity index (χ0n) is 18.4. The van der Waals surface area contributed by atoms with E-state index in [0.717, 1.165) is 0 Å². The highest BCUT2D eigenvalue weighted by atomic mass is 14.9. The maximum Gasteiger partial charge on any atom is 0.212 e. The standard InChI is InChI=1S/C15H18N/c1-11-9-13(3)14(10-12(11)2)15-7-5-6-8-16(15)4/h5-10H,1-4H3/q+1/i1D3,5D,6D,7D,8D,9D,10D. The van der Waals surface area contributed by atoms with E-state index in [1.54, 1.807) is 0 Å². The molecule has 1 aromatic heterocycles. The zero-order valence-corrected chi connectivity index (χ0v) is 9.45. The zero-order chi connectivity index (χ0) is 19.4. The molecule has 1 heteroatoms. The van der Waals surface area contributed by atoms with Gasteiger partial charge in [-0.2, -0.15) is 0 Å². The Bertz CT molecular complexity index is 826. The summed E-state index contributed by atoms with van der Waals surface area (Å²) in [6.07, 6.45) is -0.293. The Hall–Kier alpha value is -1.63. The van der Waals surface area contributed by atoms with Gasteiger partial charge in [-0.05, 0) is 49.5 Å². The Morgan fingerprint density at radius 1 is 1.12 bits per heavy atom. The van der Waals surface area contributed by atoms with Crippen molar-refractivity contribution in [3.05, 3.63) is 53.1 Å². The Balaban J connectivity index is 3.03. The maximum absolute atomic E-state index is 8.38. The molecule has 0 aliphatic rings. The first kappa shape index (κ1) is 4.33. The van der Waals surface area contributed by atoms with Gasteiger partial charge in [0.1, 0.15) is 8.42 Å². The average Bonchev–Trinajstić information content (AvgIpc) is 2.51. The third kappa shape index (κ3) is 1.85. The second-order valence-corrected chi connectivity index (χ2v) is 3.64. The van der Waals surface area contributed by atoms with E-state index >= 15 is 0 Å². The Morgan fingerprint density at radius 3 is 2.69 bits per heavy atom. The van der Waals surface area contributed by atoms with Crippen molar-refractivity contribution in [2.45, 2.75) is 20.7 Å². The Labute approximate surface area is 110 Å². The molecule has 0 saturated heterocycles. The quantitative estimate of drug-likeness (QED) is 0.652. The number of pyridine rings is 1. The Morgan fingerprint density at radius 2 is 1.94 bits per heavy atom. The van der Waals surface area contributed by atoms with Crippen molar-refractivity contribution in [1.29, 1.82) is 0 Å². The van der Waals surface area contributed by atoms with E-state index in [4.69, 9.17) is 12.3 Å². The van der Waals surface area contributed by atoms with Crippen LogP contribution in [-0.4, -0.2) is 0 Å². The highest BCUT2D eigenvalue weighted by molar-refractivity contribution is 5.62. The van der Waals surface area contributed by atoms with Crippen LogP contribution in [0.25, 0.3) is 11.3 Å². The van der Waals surface area contributed by atoms with Gasteiger partial charge in [0, 0.05) is 21.8 Å². The number of aromatic nitrogens is 1. The summed E-state index contributed by atoms with van der Waals surface area (Å²) in [5, 5.41) is 0.